The average molecular weight is 368 g/mol. The minimum absolute atomic E-state index is 0. The molecule has 1 saturated heterocycles. The van der Waals surface area contributed by atoms with Gasteiger partial charge >= 0.3 is 12.3 Å². The standard InChI is InChI=1S/C15H20F3N3O2.ClH/c1-23-14(22)19-5-6-20-7-9-21(10-8-20)13-4-2-3-12(11-13)15(16,17)18;/h2-4,11H,5-10H2,1H3,(H,19,22);1H. The number of nitrogens with one attached hydrogen (secondary N) is 1. The Labute approximate surface area is 145 Å². The van der Waals surface area contributed by atoms with Crippen LogP contribution in [0.5, 0.6) is 0 Å². The first-order chi connectivity index (χ1) is 10.9. The maximum atomic E-state index is 12.8. The van der Waals surface area contributed by atoms with E-state index >= 15 is 0 Å². The van der Waals surface area contributed by atoms with Crippen LogP contribution in [0.3, 0.4) is 0 Å². The van der Waals surface area contributed by atoms with Crippen molar-refractivity contribution in [3.05, 3.63) is 29.8 Å². The van der Waals surface area contributed by atoms with Crippen LogP contribution in [0.4, 0.5) is 23.7 Å². The molecule has 0 bridgehead atoms. The summed E-state index contributed by atoms with van der Waals surface area (Å²) in [5.41, 5.74) is -0.0353. The Kier molecular flexibility index (Phi) is 7.62. The zero-order valence-electron chi connectivity index (χ0n) is 13.3. The van der Waals surface area contributed by atoms with E-state index < -0.39 is 17.8 Å². The third-order valence-electron chi connectivity index (χ3n) is 3.79. The van der Waals surface area contributed by atoms with Gasteiger partial charge in [0.05, 0.1) is 12.7 Å². The van der Waals surface area contributed by atoms with E-state index in [2.05, 4.69) is 15.0 Å². The number of benzene rings is 1. The highest BCUT2D eigenvalue weighted by atomic mass is 35.5. The Bertz CT molecular complexity index is 535. The zero-order chi connectivity index (χ0) is 16.9. The van der Waals surface area contributed by atoms with Crippen LogP contribution in [0.25, 0.3) is 0 Å². The second kappa shape index (κ2) is 8.98. The van der Waals surface area contributed by atoms with E-state index in [1.807, 2.05) is 4.90 Å². The normalized spacial score (nSPS) is 15.6. The Hall–Kier alpha value is -1.67. The largest absolute Gasteiger partial charge is 0.453 e. The molecule has 136 valence electrons. The minimum Gasteiger partial charge on any atom is -0.453 e. The summed E-state index contributed by atoms with van der Waals surface area (Å²) in [6, 6.07) is 5.40. The van der Waals surface area contributed by atoms with E-state index in [1.165, 1.54) is 19.2 Å². The predicted molar refractivity (Wildman–Crippen MR) is 87.8 cm³/mol. The van der Waals surface area contributed by atoms with E-state index in [4.69, 9.17) is 0 Å². The van der Waals surface area contributed by atoms with Crippen LogP contribution in [0, 0.1) is 0 Å². The molecule has 9 heteroatoms. The highest BCUT2D eigenvalue weighted by Gasteiger charge is 2.31. The second-order valence-electron chi connectivity index (χ2n) is 5.30. The fourth-order valence-corrected chi connectivity index (χ4v) is 2.50. The van der Waals surface area contributed by atoms with Crippen LogP contribution >= 0.6 is 12.4 Å². The summed E-state index contributed by atoms with van der Waals surface area (Å²) in [6.45, 7) is 3.94. The lowest BCUT2D eigenvalue weighted by molar-refractivity contribution is -0.137. The first-order valence-corrected chi connectivity index (χ1v) is 7.36. The van der Waals surface area contributed by atoms with Gasteiger partial charge in [-0.2, -0.15) is 13.2 Å². The van der Waals surface area contributed by atoms with E-state index in [-0.39, 0.29) is 12.4 Å². The van der Waals surface area contributed by atoms with Gasteiger partial charge in [0.2, 0.25) is 0 Å². The summed E-state index contributed by atoms with van der Waals surface area (Å²) in [5, 5.41) is 2.61. The van der Waals surface area contributed by atoms with Crippen LogP contribution in [0.1, 0.15) is 5.56 Å². The highest BCUT2D eigenvalue weighted by Crippen LogP contribution is 2.31. The van der Waals surface area contributed by atoms with E-state index in [1.54, 1.807) is 6.07 Å². The number of ether oxygens (including phenoxy) is 1. The first kappa shape index (κ1) is 20.4. The Balaban J connectivity index is 0.00000288. The summed E-state index contributed by atoms with van der Waals surface area (Å²) >= 11 is 0. The molecular formula is C15H21ClF3N3O2. The molecule has 1 aliphatic heterocycles. The van der Waals surface area contributed by atoms with Crippen molar-refractivity contribution in [3.8, 4) is 0 Å². The number of alkyl carbamates (subject to hydrolysis) is 1. The molecule has 1 aromatic carbocycles. The number of carbonyl (C=O) groups excluding carboxylic acids is 1. The topological polar surface area (TPSA) is 44.8 Å². The summed E-state index contributed by atoms with van der Waals surface area (Å²) in [7, 11) is 1.31. The number of hydrogen-bond donors (Lipinski definition) is 1. The second-order valence-corrected chi connectivity index (χ2v) is 5.30. The van der Waals surface area contributed by atoms with Gasteiger partial charge in [-0.3, -0.25) is 4.90 Å². The van der Waals surface area contributed by atoms with Gasteiger partial charge in [-0.25, -0.2) is 4.79 Å². The van der Waals surface area contributed by atoms with Crippen molar-refractivity contribution in [1.29, 1.82) is 0 Å². The average Bonchev–Trinajstić information content (AvgIpc) is 2.54. The van der Waals surface area contributed by atoms with E-state index in [0.717, 1.165) is 19.2 Å². The van der Waals surface area contributed by atoms with Crippen LogP contribution in [-0.4, -0.2) is 57.4 Å². The van der Waals surface area contributed by atoms with Gasteiger partial charge in [-0.1, -0.05) is 6.07 Å². The fraction of sp³-hybridized carbons (Fsp3) is 0.533. The zero-order valence-corrected chi connectivity index (χ0v) is 14.1. The van der Waals surface area contributed by atoms with Crippen LogP contribution in [0.2, 0.25) is 0 Å². The van der Waals surface area contributed by atoms with Crippen molar-refractivity contribution in [2.24, 2.45) is 0 Å². The molecular weight excluding hydrogens is 347 g/mol. The summed E-state index contributed by atoms with van der Waals surface area (Å²) < 4.78 is 42.8. The molecule has 0 aliphatic carbocycles. The number of halogens is 4. The lowest BCUT2D eigenvalue weighted by atomic mass is 10.1. The number of alkyl halides is 3. The van der Waals surface area contributed by atoms with E-state index in [9.17, 15) is 18.0 Å². The molecule has 1 aliphatic rings. The Morgan fingerprint density at radius 2 is 1.92 bits per heavy atom. The lowest BCUT2D eigenvalue weighted by Crippen LogP contribution is -2.48. The summed E-state index contributed by atoms with van der Waals surface area (Å²) in [4.78, 5) is 15.0. The van der Waals surface area contributed by atoms with Gasteiger partial charge in [0.1, 0.15) is 0 Å². The molecule has 5 nitrogen and oxygen atoms in total. The van der Waals surface area contributed by atoms with Crippen molar-refractivity contribution < 1.29 is 22.7 Å². The van der Waals surface area contributed by atoms with Crippen molar-refractivity contribution in [3.63, 3.8) is 0 Å². The number of methoxy groups -OCH3 is 1. The number of anilines is 1. The highest BCUT2D eigenvalue weighted by molar-refractivity contribution is 5.85. The van der Waals surface area contributed by atoms with Gasteiger partial charge < -0.3 is 15.0 Å². The van der Waals surface area contributed by atoms with Gasteiger partial charge in [0.15, 0.2) is 0 Å². The molecule has 0 spiro atoms. The monoisotopic (exact) mass is 367 g/mol. The smallest absolute Gasteiger partial charge is 0.416 e. The molecule has 1 heterocycles. The third-order valence-corrected chi connectivity index (χ3v) is 3.79. The molecule has 0 radical (unpaired) electrons. The van der Waals surface area contributed by atoms with Crippen LogP contribution < -0.4 is 10.2 Å². The predicted octanol–water partition coefficient (Wildman–Crippen LogP) is 2.61. The summed E-state index contributed by atoms with van der Waals surface area (Å²) in [5.74, 6) is 0. The van der Waals surface area contributed by atoms with Crippen LogP contribution in [-0.2, 0) is 10.9 Å². The maximum Gasteiger partial charge on any atom is 0.416 e. The first-order valence-electron chi connectivity index (χ1n) is 7.36. The molecule has 0 aromatic heterocycles. The van der Waals surface area contributed by atoms with Gasteiger partial charge in [-0.15, -0.1) is 12.4 Å². The van der Waals surface area contributed by atoms with Crippen molar-refractivity contribution in [1.82, 2.24) is 10.2 Å². The van der Waals surface area contributed by atoms with Crippen molar-refractivity contribution in [2.75, 3.05) is 51.3 Å². The lowest BCUT2D eigenvalue weighted by Gasteiger charge is -2.36. The number of nitrogens with zero attached hydrogens (tertiary/aromatic N) is 2. The SMILES string of the molecule is COC(=O)NCCN1CCN(c2cccc(C(F)(F)F)c2)CC1.Cl. The third kappa shape index (κ3) is 5.76. The number of hydrogen-bond acceptors (Lipinski definition) is 4. The van der Waals surface area contributed by atoms with Gasteiger partial charge in [0.25, 0.3) is 0 Å². The van der Waals surface area contributed by atoms with Crippen molar-refractivity contribution >= 4 is 24.2 Å². The summed E-state index contributed by atoms with van der Waals surface area (Å²) in [6.07, 6.45) is -4.79. The quantitative estimate of drug-likeness (QED) is 0.888. The number of carbonyl (C=O) groups is 1. The maximum absolute atomic E-state index is 12.8. The molecule has 24 heavy (non-hydrogen) atoms. The molecule has 1 amide bonds. The molecule has 1 N–H and O–H groups in total. The molecule has 0 saturated carbocycles. The number of piperazine rings is 1. The van der Waals surface area contributed by atoms with E-state index in [0.29, 0.717) is 31.9 Å². The molecule has 1 aromatic rings. The van der Waals surface area contributed by atoms with Gasteiger partial charge in [-0.05, 0) is 18.2 Å². The minimum atomic E-state index is -4.32. The Morgan fingerprint density at radius 1 is 1.25 bits per heavy atom. The molecule has 1 fully saturated rings. The number of rotatable bonds is 4. The van der Waals surface area contributed by atoms with Crippen molar-refractivity contribution in [2.45, 2.75) is 6.18 Å². The molecule has 2 rings (SSSR count). The molecule has 0 atom stereocenters. The number of amides is 1. The fourth-order valence-electron chi connectivity index (χ4n) is 2.50. The van der Waals surface area contributed by atoms with Crippen LogP contribution in [0.15, 0.2) is 24.3 Å². The molecule has 0 unspecified atom stereocenters. The Morgan fingerprint density at radius 3 is 2.50 bits per heavy atom. The van der Waals surface area contributed by atoms with Gasteiger partial charge in [0, 0.05) is 45.0 Å².